The zero-order valence-corrected chi connectivity index (χ0v) is 12.4. The van der Waals surface area contributed by atoms with Gasteiger partial charge in [-0.2, -0.15) is 0 Å². The first-order chi connectivity index (χ1) is 8.36. The van der Waals surface area contributed by atoms with Crippen molar-refractivity contribution in [2.24, 2.45) is 0 Å². The summed E-state index contributed by atoms with van der Waals surface area (Å²) < 4.78 is 5.47. The summed E-state index contributed by atoms with van der Waals surface area (Å²) in [7, 11) is 5.86. The molecule has 3 heteroatoms. The lowest BCUT2D eigenvalue weighted by molar-refractivity contribution is -0.00544. The highest BCUT2D eigenvalue weighted by atomic mass is 16.5. The van der Waals surface area contributed by atoms with Gasteiger partial charge in [0.1, 0.15) is 0 Å². The first-order valence-corrected chi connectivity index (χ1v) is 6.41. The van der Waals surface area contributed by atoms with Crippen LogP contribution >= 0.6 is 0 Å². The van der Waals surface area contributed by atoms with Gasteiger partial charge in [0, 0.05) is 39.5 Å². The molecule has 0 fully saturated rings. The van der Waals surface area contributed by atoms with Crippen LogP contribution < -0.4 is 10.2 Å². The van der Waals surface area contributed by atoms with Crippen LogP contribution in [0.25, 0.3) is 0 Å². The molecule has 0 saturated heterocycles. The molecule has 1 aromatic carbocycles. The molecule has 1 atom stereocenters. The number of benzene rings is 1. The maximum absolute atomic E-state index is 5.47. The van der Waals surface area contributed by atoms with Crippen LogP contribution in [0.15, 0.2) is 24.3 Å². The molecule has 0 heterocycles. The summed E-state index contributed by atoms with van der Waals surface area (Å²) in [4.78, 5) is 2.11. The number of methoxy groups -OCH3 is 1. The monoisotopic (exact) mass is 250 g/mol. The Morgan fingerprint density at radius 2 is 1.78 bits per heavy atom. The quantitative estimate of drug-likeness (QED) is 0.840. The van der Waals surface area contributed by atoms with E-state index in [4.69, 9.17) is 4.74 Å². The minimum atomic E-state index is -0.149. The summed E-state index contributed by atoms with van der Waals surface area (Å²) in [5, 5.41) is 3.50. The average molecular weight is 250 g/mol. The van der Waals surface area contributed by atoms with E-state index < -0.39 is 0 Å². The van der Waals surface area contributed by atoms with Crippen LogP contribution in [0.4, 0.5) is 5.69 Å². The number of ether oxygens (including phenoxy) is 1. The van der Waals surface area contributed by atoms with E-state index in [2.05, 4.69) is 69.3 Å². The number of nitrogens with one attached hydrogen (secondary N) is 1. The van der Waals surface area contributed by atoms with Crippen LogP contribution in [0.5, 0.6) is 0 Å². The lowest BCUT2D eigenvalue weighted by atomic mass is 10.00. The maximum Gasteiger partial charge on any atom is 0.0772 e. The second-order valence-electron chi connectivity index (χ2n) is 5.47. The third-order valence-corrected chi connectivity index (χ3v) is 3.63. The third kappa shape index (κ3) is 4.00. The first kappa shape index (κ1) is 15.0. The van der Waals surface area contributed by atoms with Crippen molar-refractivity contribution in [2.75, 3.05) is 26.1 Å². The Kier molecular flexibility index (Phi) is 5.17. The van der Waals surface area contributed by atoms with Crippen LogP contribution in [0.3, 0.4) is 0 Å². The Morgan fingerprint density at radius 3 is 2.22 bits per heavy atom. The summed E-state index contributed by atoms with van der Waals surface area (Å²) in [6.45, 7) is 7.21. The van der Waals surface area contributed by atoms with Gasteiger partial charge in [0.2, 0.25) is 0 Å². The van der Waals surface area contributed by atoms with Crippen molar-refractivity contribution in [3.05, 3.63) is 29.8 Å². The molecule has 18 heavy (non-hydrogen) atoms. The molecule has 1 rings (SSSR count). The Bertz CT molecular complexity index is 357. The van der Waals surface area contributed by atoms with Crippen molar-refractivity contribution >= 4 is 5.69 Å². The highest BCUT2D eigenvalue weighted by molar-refractivity contribution is 5.45. The van der Waals surface area contributed by atoms with Gasteiger partial charge < -0.3 is 15.0 Å². The minimum absolute atomic E-state index is 0.149. The summed E-state index contributed by atoms with van der Waals surface area (Å²) in [6.07, 6.45) is 0. The fourth-order valence-corrected chi connectivity index (χ4v) is 1.61. The first-order valence-electron chi connectivity index (χ1n) is 6.41. The van der Waals surface area contributed by atoms with Crippen LogP contribution in [-0.4, -0.2) is 32.8 Å². The van der Waals surface area contributed by atoms with Gasteiger partial charge in [-0.3, -0.25) is 0 Å². The van der Waals surface area contributed by atoms with Crippen LogP contribution in [0, 0.1) is 0 Å². The average Bonchev–Trinajstić information content (AvgIpc) is 2.36. The van der Waals surface area contributed by atoms with E-state index in [1.807, 2.05) is 0 Å². The number of hydrogen-bond acceptors (Lipinski definition) is 3. The predicted octanol–water partition coefficient (Wildman–Crippen LogP) is 2.66. The van der Waals surface area contributed by atoms with Gasteiger partial charge in [-0.05, 0) is 38.5 Å². The molecule has 0 bridgehead atoms. The van der Waals surface area contributed by atoms with E-state index >= 15 is 0 Å². The Balaban J connectivity index is 2.54. The highest BCUT2D eigenvalue weighted by Gasteiger charge is 2.24. The Hall–Kier alpha value is -1.06. The summed E-state index contributed by atoms with van der Waals surface area (Å²) in [6, 6.07) is 8.91. The normalized spacial score (nSPS) is 13.4. The standard InChI is InChI=1S/C15H26N2O/c1-12(15(2,3)18-6)16-11-13-7-9-14(10-8-13)17(4)5/h7-10,12,16H,11H2,1-6H3. The zero-order valence-electron chi connectivity index (χ0n) is 12.4. The SMILES string of the molecule is COC(C)(C)C(C)NCc1ccc(N(C)C)cc1. The van der Waals surface area contributed by atoms with Crippen molar-refractivity contribution in [1.29, 1.82) is 0 Å². The largest absolute Gasteiger partial charge is 0.378 e. The van der Waals surface area contributed by atoms with Gasteiger partial charge in [-0.15, -0.1) is 0 Å². The number of anilines is 1. The molecule has 0 aliphatic carbocycles. The fourth-order valence-electron chi connectivity index (χ4n) is 1.61. The molecule has 0 aliphatic heterocycles. The van der Waals surface area contributed by atoms with Gasteiger partial charge in [0.15, 0.2) is 0 Å². The predicted molar refractivity (Wildman–Crippen MR) is 78.2 cm³/mol. The van der Waals surface area contributed by atoms with E-state index in [1.165, 1.54) is 11.3 Å². The molecule has 0 spiro atoms. The second kappa shape index (κ2) is 6.21. The van der Waals surface area contributed by atoms with Crippen LogP contribution in [-0.2, 0) is 11.3 Å². The van der Waals surface area contributed by atoms with E-state index in [0.29, 0.717) is 6.04 Å². The number of rotatable bonds is 6. The summed E-state index contributed by atoms with van der Waals surface area (Å²) in [5.74, 6) is 0. The molecule has 0 aliphatic rings. The molecule has 0 saturated carbocycles. The summed E-state index contributed by atoms with van der Waals surface area (Å²) in [5.41, 5.74) is 2.37. The van der Waals surface area contributed by atoms with Crippen molar-refractivity contribution < 1.29 is 4.74 Å². The molecule has 1 unspecified atom stereocenters. The zero-order chi connectivity index (χ0) is 13.8. The van der Waals surface area contributed by atoms with Crippen LogP contribution in [0.2, 0.25) is 0 Å². The molecule has 0 amide bonds. The van der Waals surface area contributed by atoms with E-state index in [0.717, 1.165) is 6.54 Å². The topological polar surface area (TPSA) is 24.5 Å². The molecule has 1 aromatic rings. The summed E-state index contributed by atoms with van der Waals surface area (Å²) >= 11 is 0. The van der Waals surface area contributed by atoms with E-state index in [9.17, 15) is 0 Å². The molecular formula is C15H26N2O. The fraction of sp³-hybridized carbons (Fsp3) is 0.600. The molecule has 102 valence electrons. The van der Waals surface area contributed by atoms with Crippen molar-refractivity contribution in [2.45, 2.75) is 39.0 Å². The number of nitrogens with zero attached hydrogens (tertiary/aromatic N) is 1. The smallest absolute Gasteiger partial charge is 0.0772 e. The van der Waals surface area contributed by atoms with Gasteiger partial charge in [0.25, 0.3) is 0 Å². The molecule has 0 radical (unpaired) electrons. The second-order valence-corrected chi connectivity index (χ2v) is 5.47. The van der Waals surface area contributed by atoms with Gasteiger partial charge in [0.05, 0.1) is 5.60 Å². The van der Waals surface area contributed by atoms with Gasteiger partial charge in [-0.1, -0.05) is 12.1 Å². The third-order valence-electron chi connectivity index (χ3n) is 3.63. The molecule has 1 N–H and O–H groups in total. The molecule has 3 nitrogen and oxygen atoms in total. The maximum atomic E-state index is 5.47. The van der Waals surface area contributed by atoms with Crippen molar-refractivity contribution in [3.8, 4) is 0 Å². The highest BCUT2D eigenvalue weighted by Crippen LogP contribution is 2.15. The Labute approximate surface area is 111 Å². The lowest BCUT2D eigenvalue weighted by Crippen LogP contribution is -2.45. The number of hydrogen-bond donors (Lipinski definition) is 1. The van der Waals surface area contributed by atoms with E-state index in [1.54, 1.807) is 7.11 Å². The van der Waals surface area contributed by atoms with E-state index in [-0.39, 0.29) is 5.60 Å². The molecule has 0 aromatic heterocycles. The Morgan fingerprint density at radius 1 is 1.22 bits per heavy atom. The van der Waals surface area contributed by atoms with Crippen LogP contribution in [0.1, 0.15) is 26.3 Å². The van der Waals surface area contributed by atoms with Gasteiger partial charge >= 0.3 is 0 Å². The molecular weight excluding hydrogens is 224 g/mol. The van der Waals surface area contributed by atoms with Crippen molar-refractivity contribution in [3.63, 3.8) is 0 Å². The lowest BCUT2D eigenvalue weighted by Gasteiger charge is -2.31. The minimum Gasteiger partial charge on any atom is -0.378 e. The van der Waals surface area contributed by atoms with Crippen molar-refractivity contribution in [1.82, 2.24) is 5.32 Å². The van der Waals surface area contributed by atoms with Gasteiger partial charge in [-0.25, -0.2) is 0 Å².